The number of ether oxygens (including phenoxy) is 2. The SMILES string of the molecule is CCc1ccc(OC(C)c2nnc(SCC(=O)Nc3sc4c(c3C(=O)OC)CCCCCC4)n2C)cc1. The van der Waals surface area contributed by atoms with Crippen LogP contribution in [0.25, 0.3) is 0 Å². The second-order valence-corrected chi connectivity index (χ2v) is 11.2. The summed E-state index contributed by atoms with van der Waals surface area (Å²) in [6.07, 6.45) is 6.93. The number of fused-ring (bicyclic) bond motifs is 1. The van der Waals surface area contributed by atoms with Crippen molar-refractivity contribution in [1.82, 2.24) is 14.8 Å². The van der Waals surface area contributed by atoms with E-state index in [4.69, 9.17) is 9.47 Å². The molecule has 1 atom stereocenters. The van der Waals surface area contributed by atoms with Gasteiger partial charge in [-0.1, -0.05) is 43.7 Å². The quantitative estimate of drug-likeness (QED) is 0.271. The van der Waals surface area contributed by atoms with E-state index in [0.29, 0.717) is 21.5 Å². The van der Waals surface area contributed by atoms with Crippen molar-refractivity contribution >= 4 is 40.0 Å². The van der Waals surface area contributed by atoms with Gasteiger partial charge in [0.15, 0.2) is 17.1 Å². The number of rotatable bonds is 9. The van der Waals surface area contributed by atoms with Gasteiger partial charge in [-0.2, -0.15) is 0 Å². The van der Waals surface area contributed by atoms with Gasteiger partial charge < -0.3 is 19.4 Å². The molecule has 0 saturated carbocycles. The average molecular weight is 543 g/mol. The number of anilines is 1. The van der Waals surface area contributed by atoms with Crippen LogP contribution >= 0.6 is 23.1 Å². The third-order valence-corrected chi connectivity index (χ3v) is 8.75. The van der Waals surface area contributed by atoms with Crippen LogP contribution in [0.1, 0.15) is 77.8 Å². The first kappa shape index (κ1) is 27.2. The molecular formula is C27H34N4O4S2. The minimum atomic E-state index is -0.391. The molecule has 0 saturated heterocycles. The number of amides is 1. The van der Waals surface area contributed by atoms with E-state index in [1.165, 1.54) is 47.1 Å². The lowest BCUT2D eigenvalue weighted by Gasteiger charge is -2.14. The van der Waals surface area contributed by atoms with Crippen molar-refractivity contribution in [3.8, 4) is 5.75 Å². The van der Waals surface area contributed by atoms with Gasteiger partial charge in [-0.3, -0.25) is 4.79 Å². The van der Waals surface area contributed by atoms with Crippen molar-refractivity contribution < 1.29 is 19.1 Å². The fraction of sp³-hybridized carbons (Fsp3) is 0.481. The van der Waals surface area contributed by atoms with Crippen molar-refractivity contribution in [2.75, 3.05) is 18.2 Å². The Morgan fingerprint density at radius 2 is 1.86 bits per heavy atom. The number of methoxy groups -OCH3 is 1. The Kier molecular flexibility index (Phi) is 9.26. The number of nitrogens with one attached hydrogen (secondary N) is 1. The van der Waals surface area contributed by atoms with Crippen LogP contribution in [-0.4, -0.2) is 39.5 Å². The largest absolute Gasteiger partial charge is 0.483 e. The molecule has 0 radical (unpaired) electrons. The summed E-state index contributed by atoms with van der Waals surface area (Å²) in [7, 11) is 3.25. The lowest BCUT2D eigenvalue weighted by Crippen LogP contribution is -2.17. The standard InChI is InChI=1S/C27H34N4O4S2/c1-5-18-12-14-19(15-13-18)35-17(2)24-29-30-27(31(24)3)36-16-22(32)28-25-23(26(33)34-4)20-10-8-6-7-9-11-21(20)37-25/h12-15,17H,5-11,16H2,1-4H3,(H,28,32). The molecule has 1 amide bonds. The molecule has 1 unspecified atom stereocenters. The minimum absolute atomic E-state index is 0.142. The fourth-order valence-corrected chi connectivity index (χ4v) is 6.50. The zero-order valence-corrected chi connectivity index (χ0v) is 23.5. The van der Waals surface area contributed by atoms with E-state index in [0.717, 1.165) is 49.8 Å². The van der Waals surface area contributed by atoms with Gasteiger partial charge in [-0.05, 0) is 62.3 Å². The first-order chi connectivity index (χ1) is 17.9. The van der Waals surface area contributed by atoms with Crippen LogP contribution in [0.3, 0.4) is 0 Å². The van der Waals surface area contributed by atoms with Crippen LogP contribution < -0.4 is 10.1 Å². The van der Waals surface area contributed by atoms with Gasteiger partial charge >= 0.3 is 5.97 Å². The number of aryl methyl sites for hydroxylation is 2. The number of aromatic nitrogens is 3. The van der Waals surface area contributed by atoms with E-state index in [1.807, 2.05) is 30.7 Å². The molecule has 0 spiro atoms. The van der Waals surface area contributed by atoms with Crippen molar-refractivity contribution in [2.45, 2.75) is 70.1 Å². The fourth-order valence-electron chi connectivity index (χ4n) is 4.48. The molecule has 3 aromatic rings. The van der Waals surface area contributed by atoms with Crippen molar-refractivity contribution in [1.29, 1.82) is 0 Å². The number of thioether (sulfide) groups is 1. The zero-order chi connectivity index (χ0) is 26.4. The first-order valence-electron chi connectivity index (χ1n) is 12.7. The molecule has 1 N–H and O–H groups in total. The summed E-state index contributed by atoms with van der Waals surface area (Å²) in [5, 5.41) is 12.7. The maximum Gasteiger partial charge on any atom is 0.341 e. The van der Waals surface area contributed by atoms with Crippen LogP contribution in [0, 0.1) is 0 Å². The Hall–Kier alpha value is -2.85. The monoisotopic (exact) mass is 542 g/mol. The molecule has 8 nitrogen and oxygen atoms in total. The van der Waals surface area contributed by atoms with Crippen LogP contribution in [0.4, 0.5) is 5.00 Å². The number of benzene rings is 1. The molecule has 198 valence electrons. The summed E-state index contributed by atoms with van der Waals surface area (Å²) in [6, 6.07) is 8.02. The molecule has 4 rings (SSSR count). The molecule has 0 aliphatic heterocycles. The third kappa shape index (κ3) is 6.54. The Labute approximate surface area is 226 Å². The van der Waals surface area contributed by atoms with E-state index in [1.54, 1.807) is 0 Å². The van der Waals surface area contributed by atoms with Gasteiger partial charge in [-0.15, -0.1) is 21.5 Å². The minimum Gasteiger partial charge on any atom is -0.483 e. The van der Waals surface area contributed by atoms with Gasteiger partial charge in [0.25, 0.3) is 0 Å². The molecule has 1 aliphatic carbocycles. The zero-order valence-electron chi connectivity index (χ0n) is 21.8. The molecule has 37 heavy (non-hydrogen) atoms. The second kappa shape index (κ2) is 12.6. The Bertz CT molecular complexity index is 1240. The van der Waals surface area contributed by atoms with E-state index in [9.17, 15) is 9.59 Å². The van der Waals surface area contributed by atoms with Gasteiger partial charge in [0, 0.05) is 11.9 Å². The van der Waals surface area contributed by atoms with E-state index >= 15 is 0 Å². The number of hydrogen-bond donors (Lipinski definition) is 1. The summed E-state index contributed by atoms with van der Waals surface area (Å²) < 4.78 is 13.0. The Morgan fingerprint density at radius 3 is 2.57 bits per heavy atom. The maximum absolute atomic E-state index is 12.9. The van der Waals surface area contributed by atoms with Crippen molar-refractivity contribution in [3.63, 3.8) is 0 Å². The molecule has 10 heteroatoms. The van der Waals surface area contributed by atoms with Crippen molar-refractivity contribution in [3.05, 3.63) is 51.7 Å². The van der Waals surface area contributed by atoms with Crippen LogP contribution in [0.5, 0.6) is 5.75 Å². The highest BCUT2D eigenvalue weighted by atomic mass is 32.2. The number of carbonyl (C=O) groups excluding carboxylic acids is 2. The maximum atomic E-state index is 12.9. The Balaban J connectivity index is 1.40. The van der Waals surface area contributed by atoms with E-state index < -0.39 is 5.97 Å². The van der Waals surface area contributed by atoms with Crippen LogP contribution in [-0.2, 0) is 35.8 Å². The first-order valence-corrected chi connectivity index (χ1v) is 14.5. The highest BCUT2D eigenvalue weighted by molar-refractivity contribution is 7.99. The second-order valence-electron chi connectivity index (χ2n) is 9.11. The molecule has 2 aromatic heterocycles. The molecule has 1 aromatic carbocycles. The number of thiophene rings is 1. The van der Waals surface area contributed by atoms with E-state index in [-0.39, 0.29) is 17.8 Å². The van der Waals surface area contributed by atoms with Crippen LogP contribution in [0.15, 0.2) is 29.4 Å². The van der Waals surface area contributed by atoms with Gasteiger partial charge in [-0.25, -0.2) is 4.79 Å². The summed E-state index contributed by atoms with van der Waals surface area (Å²) in [5.74, 6) is 0.996. The summed E-state index contributed by atoms with van der Waals surface area (Å²) in [4.78, 5) is 26.7. The van der Waals surface area contributed by atoms with Crippen molar-refractivity contribution in [2.24, 2.45) is 7.05 Å². The normalized spacial score (nSPS) is 14.3. The highest BCUT2D eigenvalue weighted by Crippen LogP contribution is 2.37. The summed E-state index contributed by atoms with van der Waals surface area (Å²) in [5.41, 5.74) is 2.81. The summed E-state index contributed by atoms with van der Waals surface area (Å²) >= 11 is 2.80. The third-order valence-electron chi connectivity index (χ3n) is 6.52. The number of hydrogen-bond acceptors (Lipinski definition) is 8. The topological polar surface area (TPSA) is 95.3 Å². The smallest absolute Gasteiger partial charge is 0.341 e. The van der Waals surface area contributed by atoms with Gasteiger partial charge in [0.2, 0.25) is 5.91 Å². The molecule has 1 aliphatic rings. The van der Waals surface area contributed by atoms with Gasteiger partial charge in [0.1, 0.15) is 10.8 Å². The number of nitrogens with zero attached hydrogens (tertiary/aromatic N) is 3. The van der Waals surface area contributed by atoms with E-state index in [2.05, 4.69) is 34.6 Å². The Morgan fingerprint density at radius 1 is 1.14 bits per heavy atom. The molecular weight excluding hydrogens is 508 g/mol. The lowest BCUT2D eigenvalue weighted by atomic mass is 9.96. The molecule has 0 bridgehead atoms. The molecule has 2 heterocycles. The lowest BCUT2D eigenvalue weighted by molar-refractivity contribution is -0.113. The number of carbonyl (C=O) groups is 2. The number of esters is 1. The summed E-state index contributed by atoms with van der Waals surface area (Å²) in [6.45, 7) is 4.04. The predicted octanol–water partition coefficient (Wildman–Crippen LogP) is 5.76. The predicted molar refractivity (Wildman–Crippen MR) is 147 cm³/mol. The molecule has 0 fully saturated rings. The average Bonchev–Trinajstić information content (AvgIpc) is 3.41. The van der Waals surface area contributed by atoms with Crippen LogP contribution in [0.2, 0.25) is 0 Å². The highest BCUT2D eigenvalue weighted by Gasteiger charge is 2.26. The van der Waals surface area contributed by atoms with Gasteiger partial charge in [0.05, 0.1) is 18.4 Å².